The topological polar surface area (TPSA) is 66.0 Å². The van der Waals surface area contributed by atoms with E-state index in [0.29, 0.717) is 36.1 Å². The molecule has 4 rings (SSSR count). The monoisotopic (exact) mass is 535 g/mol. The Hall–Kier alpha value is -3.02. The molecule has 1 aliphatic rings. The van der Waals surface area contributed by atoms with Gasteiger partial charge in [-0.2, -0.15) is 18.3 Å². The lowest BCUT2D eigenvalue weighted by Gasteiger charge is -2.17. The Labute approximate surface area is 216 Å². The summed E-state index contributed by atoms with van der Waals surface area (Å²) in [6.07, 6.45) is -3.72. The molecule has 0 unspecified atom stereocenters. The highest BCUT2D eigenvalue weighted by atomic mass is 32.2. The zero-order valence-electron chi connectivity index (χ0n) is 19.2. The second-order valence-electron chi connectivity index (χ2n) is 7.38. The first-order valence-corrected chi connectivity index (χ1v) is 12.8. The molecule has 0 aliphatic carbocycles. The van der Waals surface area contributed by atoms with Gasteiger partial charge in [-0.05, 0) is 53.9 Å². The van der Waals surface area contributed by atoms with Crippen LogP contribution in [0.5, 0.6) is 0 Å². The molecule has 3 aromatic rings. The van der Waals surface area contributed by atoms with Crippen molar-refractivity contribution in [1.82, 2.24) is 9.73 Å². The first kappa shape index (κ1) is 27.6. The number of nitrogens with two attached hydrogens (primary N) is 1. The molecule has 1 aliphatic heterocycles. The fraction of sp³-hybridized carbons (Fsp3) is 0.200. The van der Waals surface area contributed by atoms with Gasteiger partial charge in [-0.1, -0.05) is 60.5 Å². The Morgan fingerprint density at radius 2 is 1.58 bits per heavy atom. The summed E-state index contributed by atoms with van der Waals surface area (Å²) in [5, 5.41) is 11.7. The first-order valence-electron chi connectivity index (χ1n) is 10.9. The molecule has 5 nitrogen and oxygen atoms in total. The molecule has 0 radical (unpaired) electrons. The minimum atomic E-state index is -4.37. The van der Waals surface area contributed by atoms with Crippen molar-refractivity contribution in [2.45, 2.75) is 17.5 Å². The average molecular weight is 536 g/mol. The van der Waals surface area contributed by atoms with Crippen LogP contribution >= 0.6 is 23.9 Å². The second-order valence-corrected chi connectivity index (χ2v) is 9.01. The standard InChI is InChI=1S/C19H19F4N5S2.C6H6/c20-15-5-1-13(2-6-15)17-9-11-28(26-17)18(25-10-12-29-24)27-30-16-7-3-14(4-8-16)19(21,22)23;1-2-4-6-5-3-1/h1-8H,9-12,24H2,(H,25,27);1-6H. The van der Waals surface area contributed by atoms with Crippen LogP contribution in [0.2, 0.25) is 0 Å². The maximum atomic E-state index is 13.1. The van der Waals surface area contributed by atoms with E-state index in [1.807, 2.05) is 36.4 Å². The summed E-state index contributed by atoms with van der Waals surface area (Å²) < 4.78 is 54.4. The number of aliphatic imine (C=N–C) groups is 1. The number of guanidine groups is 1. The lowest BCUT2D eigenvalue weighted by atomic mass is 10.1. The van der Waals surface area contributed by atoms with Crippen LogP contribution in [0.15, 0.2) is 99.9 Å². The number of alkyl halides is 3. The van der Waals surface area contributed by atoms with Gasteiger partial charge in [0.2, 0.25) is 5.96 Å². The van der Waals surface area contributed by atoms with Gasteiger partial charge in [-0.3, -0.25) is 9.86 Å². The molecule has 0 spiro atoms. The minimum absolute atomic E-state index is 0.314. The van der Waals surface area contributed by atoms with Crippen LogP contribution in [-0.4, -0.2) is 35.5 Å². The van der Waals surface area contributed by atoms with Gasteiger partial charge in [0.05, 0.1) is 24.4 Å². The molecule has 0 saturated carbocycles. The van der Waals surface area contributed by atoms with Crippen LogP contribution in [0.4, 0.5) is 17.6 Å². The van der Waals surface area contributed by atoms with Crippen molar-refractivity contribution in [3.8, 4) is 0 Å². The maximum absolute atomic E-state index is 13.1. The van der Waals surface area contributed by atoms with E-state index < -0.39 is 11.7 Å². The van der Waals surface area contributed by atoms with Gasteiger partial charge in [0.1, 0.15) is 5.82 Å². The van der Waals surface area contributed by atoms with Crippen LogP contribution in [0.25, 0.3) is 0 Å². The van der Waals surface area contributed by atoms with Gasteiger partial charge in [-0.25, -0.2) is 14.4 Å². The third-order valence-electron chi connectivity index (χ3n) is 4.80. The number of nitrogens with zero attached hydrogens (tertiary/aromatic N) is 3. The van der Waals surface area contributed by atoms with Crippen LogP contribution in [0.1, 0.15) is 17.5 Å². The second kappa shape index (κ2) is 13.9. The zero-order valence-corrected chi connectivity index (χ0v) is 20.8. The highest BCUT2D eigenvalue weighted by molar-refractivity contribution is 7.98. The number of halogens is 4. The molecular formula is C25H25F4N5S2. The minimum Gasteiger partial charge on any atom is -0.295 e. The highest BCUT2D eigenvalue weighted by Gasteiger charge is 2.30. The van der Waals surface area contributed by atoms with Crippen LogP contribution in [0.3, 0.4) is 0 Å². The van der Waals surface area contributed by atoms with Gasteiger partial charge < -0.3 is 0 Å². The number of hydrogen-bond acceptors (Lipinski definition) is 5. The summed E-state index contributed by atoms with van der Waals surface area (Å²) in [6, 6.07) is 23.0. The normalized spacial score (nSPS) is 13.6. The summed E-state index contributed by atoms with van der Waals surface area (Å²) >= 11 is 2.31. The summed E-state index contributed by atoms with van der Waals surface area (Å²) in [6.45, 7) is 1.02. The summed E-state index contributed by atoms with van der Waals surface area (Å²) in [5.41, 5.74) is 0.928. The van der Waals surface area contributed by atoms with E-state index in [-0.39, 0.29) is 5.82 Å². The van der Waals surface area contributed by atoms with Gasteiger partial charge in [0, 0.05) is 17.1 Å². The third kappa shape index (κ3) is 8.89. The van der Waals surface area contributed by atoms with Crippen molar-refractivity contribution < 1.29 is 17.6 Å². The van der Waals surface area contributed by atoms with Crippen molar-refractivity contribution >= 4 is 35.6 Å². The smallest absolute Gasteiger partial charge is 0.295 e. The SMILES string of the molecule is NSCCN=C(NSc1ccc(C(F)(F)F)cc1)N1CCC(c2ccc(F)cc2)=N1.c1ccccc1. The van der Waals surface area contributed by atoms with Crippen molar-refractivity contribution in [1.29, 1.82) is 0 Å². The molecule has 0 bridgehead atoms. The Kier molecular flexibility index (Phi) is 10.6. The lowest BCUT2D eigenvalue weighted by molar-refractivity contribution is -0.137. The van der Waals surface area contributed by atoms with Crippen molar-refractivity contribution in [2.24, 2.45) is 15.2 Å². The largest absolute Gasteiger partial charge is 0.416 e. The molecule has 11 heteroatoms. The van der Waals surface area contributed by atoms with E-state index in [4.69, 9.17) is 5.14 Å². The van der Waals surface area contributed by atoms with Crippen molar-refractivity contribution in [2.75, 3.05) is 18.8 Å². The number of hydrogen-bond donors (Lipinski definition) is 2. The van der Waals surface area contributed by atoms with Crippen LogP contribution in [-0.2, 0) is 6.18 Å². The summed E-state index contributed by atoms with van der Waals surface area (Å²) in [4.78, 5) is 5.07. The van der Waals surface area contributed by atoms with Gasteiger partial charge >= 0.3 is 6.18 Å². The molecule has 0 atom stereocenters. The molecular weight excluding hydrogens is 510 g/mol. The van der Waals surface area contributed by atoms with E-state index in [2.05, 4.69) is 14.8 Å². The summed E-state index contributed by atoms with van der Waals surface area (Å²) in [5.74, 6) is 0.773. The molecule has 36 heavy (non-hydrogen) atoms. The van der Waals surface area contributed by atoms with Crippen molar-refractivity contribution in [3.63, 3.8) is 0 Å². The van der Waals surface area contributed by atoms with Crippen LogP contribution < -0.4 is 9.86 Å². The van der Waals surface area contributed by atoms with E-state index in [1.165, 1.54) is 36.2 Å². The molecule has 190 valence electrons. The maximum Gasteiger partial charge on any atom is 0.416 e. The van der Waals surface area contributed by atoms with Gasteiger partial charge in [0.25, 0.3) is 0 Å². The van der Waals surface area contributed by atoms with E-state index in [9.17, 15) is 17.6 Å². The third-order valence-corrected chi connectivity index (χ3v) is 6.01. The average Bonchev–Trinajstić information content (AvgIpc) is 3.38. The number of rotatable bonds is 6. The summed E-state index contributed by atoms with van der Waals surface area (Å²) in [7, 11) is 0. The molecule has 0 aromatic heterocycles. The molecule has 1 heterocycles. The number of hydrazone groups is 1. The predicted molar refractivity (Wildman–Crippen MR) is 140 cm³/mol. The van der Waals surface area contributed by atoms with Gasteiger partial charge in [-0.15, -0.1) is 0 Å². The Bertz CT molecular complexity index is 1100. The fourth-order valence-electron chi connectivity index (χ4n) is 3.03. The molecule has 0 amide bonds. The van der Waals surface area contributed by atoms with E-state index >= 15 is 0 Å². The molecule has 0 fully saturated rings. The van der Waals surface area contributed by atoms with Crippen LogP contribution in [0, 0.1) is 5.82 Å². The zero-order chi connectivity index (χ0) is 25.8. The van der Waals surface area contributed by atoms with Crippen molar-refractivity contribution in [3.05, 3.63) is 102 Å². The van der Waals surface area contributed by atoms with E-state index in [1.54, 1.807) is 17.1 Å². The van der Waals surface area contributed by atoms with E-state index in [0.717, 1.165) is 35.4 Å². The Morgan fingerprint density at radius 1 is 0.972 bits per heavy atom. The fourth-order valence-corrected chi connectivity index (χ4v) is 3.88. The first-order chi connectivity index (χ1) is 17.4. The molecule has 3 N–H and O–H groups in total. The molecule has 0 saturated heterocycles. The Balaban J connectivity index is 0.000000526. The quantitative estimate of drug-likeness (QED) is 0.129. The highest BCUT2D eigenvalue weighted by Crippen LogP contribution is 2.30. The predicted octanol–water partition coefficient (Wildman–Crippen LogP) is 6.20. The number of nitrogens with one attached hydrogen (secondary N) is 1. The number of benzene rings is 3. The lowest BCUT2D eigenvalue weighted by Crippen LogP contribution is -2.33. The Morgan fingerprint density at radius 3 is 2.14 bits per heavy atom. The molecule has 3 aromatic carbocycles. The van der Waals surface area contributed by atoms with Gasteiger partial charge in [0.15, 0.2) is 0 Å².